The fourth-order valence-electron chi connectivity index (χ4n) is 2.68. The molecular formula is C19H22N2O2. The molecule has 4 heteroatoms. The number of benzene rings is 2. The highest BCUT2D eigenvalue weighted by molar-refractivity contribution is 6.00. The molecule has 0 atom stereocenters. The van der Waals surface area contributed by atoms with E-state index in [2.05, 4.69) is 22.4 Å². The van der Waals surface area contributed by atoms with Gasteiger partial charge in [-0.3, -0.25) is 4.99 Å². The SMILES string of the molecule is COc1ccccc1COCc1ccccc1C1=NCCCN1. The van der Waals surface area contributed by atoms with Crippen molar-refractivity contribution in [2.45, 2.75) is 19.6 Å². The average molecular weight is 310 g/mol. The van der Waals surface area contributed by atoms with Crippen LogP contribution in [0.1, 0.15) is 23.1 Å². The number of rotatable bonds is 6. The number of nitrogens with zero attached hydrogens (tertiary/aromatic N) is 1. The van der Waals surface area contributed by atoms with E-state index >= 15 is 0 Å². The lowest BCUT2D eigenvalue weighted by Crippen LogP contribution is -2.31. The van der Waals surface area contributed by atoms with Crippen LogP contribution in [-0.4, -0.2) is 26.0 Å². The molecule has 0 saturated heterocycles. The molecule has 0 saturated carbocycles. The summed E-state index contributed by atoms with van der Waals surface area (Å²) in [5, 5.41) is 3.38. The Bertz CT molecular complexity index is 683. The van der Waals surface area contributed by atoms with E-state index in [1.807, 2.05) is 36.4 Å². The van der Waals surface area contributed by atoms with E-state index < -0.39 is 0 Å². The zero-order valence-corrected chi connectivity index (χ0v) is 13.4. The maximum absolute atomic E-state index is 5.92. The van der Waals surface area contributed by atoms with E-state index in [-0.39, 0.29) is 0 Å². The average Bonchev–Trinajstić information content (AvgIpc) is 2.63. The first-order valence-corrected chi connectivity index (χ1v) is 7.94. The van der Waals surface area contributed by atoms with Crippen LogP contribution in [0.4, 0.5) is 0 Å². The van der Waals surface area contributed by atoms with Crippen LogP contribution in [0, 0.1) is 0 Å². The molecule has 0 radical (unpaired) electrons. The molecule has 0 aromatic heterocycles. The Morgan fingerprint density at radius 2 is 1.74 bits per heavy atom. The predicted octanol–water partition coefficient (Wildman–Crippen LogP) is 3.15. The van der Waals surface area contributed by atoms with Crippen molar-refractivity contribution in [2.24, 2.45) is 4.99 Å². The molecule has 0 bridgehead atoms. The molecule has 120 valence electrons. The van der Waals surface area contributed by atoms with Gasteiger partial charge in [-0.15, -0.1) is 0 Å². The minimum Gasteiger partial charge on any atom is -0.496 e. The van der Waals surface area contributed by atoms with E-state index in [0.29, 0.717) is 13.2 Å². The summed E-state index contributed by atoms with van der Waals surface area (Å²) >= 11 is 0. The Hall–Kier alpha value is -2.33. The molecule has 3 rings (SSSR count). The van der Waals surface area contributed by atoms with E-state index in [1.165, 1.54) is 0 Å². The van der Waals surface area contributed by atoms with E-state index in [4.69, 9.17) is 9.47 Å². The quantitative estimate of drug-likeness (QED) is 0.891. The van der Waals surface area contributed by atoms with Gasteiger partial charge in [-0.05, 0) is 18.1 Å². The normalized spacial score (nSPS) is 14.0. The molecule has 4 nitrogen and oxygen atoms in total. The van der Waals surface area contributed by atoms with Crippen molar-refractivity contribution in [3.05, 3.63) is 65.2 Å². The van der Waals surface area contributed by atoms with Gasteiger partial charge >= 0.3 is 0 Å². The first kappa shape index (κ1) is 15.6. The minimum absolute atomic E-state index is 0.526. The molecule has 2 aromatic carbocycles. The minimum atomic E-state index is 0.526. The standard InChI is InChI=1S/C19H22N2O2/c1-22-18-10-5-3-8-16(18)14-23-13-15-7-2-4-9-17(15)19-20-11-6-12-21-19/h2-5,7-10H,6,11-14H2,1H3,(H,20,21). The molecule has 1 N–H and O–H groups in total. The third-order valence-electron chi connectivity index (χ3n) is 3.88. The largest absolute Gasteiger partial charge is 0.496 e. The Morgan fingerprint density at radius 3 is 2.52 bits per heavy atom. The highest BCUT2D eigenvalue weighted by Crippen LogP contribution is 2.19. The summed E-state index contributed by atoms with van der Waals surface area (Å²) in [6.45, 7) is 2.95. The summed E-state index contributed by atoms with van der Waals surface area (Å²) in [5.41, 5.74) is 3.34. The highest BCUT2D eigenvalue weighted by atomic mass is 16.5. The first-order chi connectivity index (χ1) is 11.4. The van der Waals surface area contributed by atoms with Crippen LogP contribution in [0.3, 0.4) is 0 Å². The van der Waals surface area contributed by atoms with Crippen LogP contribution in [0.15, 0.2) is 53.5 Å². The van der Waals surface area contributed by atoms with Gasteiger partial charge in [0, 0.05) is 24.2 Å². The summed E-state index contributed by atoms with van der Waals surface area (Å²) in [6.07, 6.45) is 1.09. The van der Waals surface area contributed by atoms with Gasteiger partial charge in [0.1, 0.15) is 11.6 Å². The van der Waals surface area contributed by atoms with Gasteiger partial charge < -0.3 is 14.8 Å². The number of ether oxygens (including phenoxy) is 2. The monoisotopic (exact) mass is 310 g/mol. The molecule has 1 aliphatic rings. The lowest BCUT2D eigenvalue weighted by Gasteiger charge is -2.17. The Labute approximate surface area is 137 Å². The molecule has 0 amide bonds. The molecule has 0 fully saturated rings. The number of methoxy groups -OCH3 is 1. The Morgan fingerprint density at radius 1 is 1.00 bits per heavy atom. The van der Waals surface area contributed by atoms with E-state index in [9.17, 15) is 0 Å². The Balaban J connectivity index is 1.68. The van der Waals surface area contributed by atoms with Crippen LogP contribution in [0.5, 0.6) is 5.75 Å². The second-order valence-corrected chi connectivity index (χ2v) is 5.47. The van der Waals surface area contributed by atoms with Crippen molar-refractivity contribution in [1.29, 1.82) is 0 Å². The second kappa shape index (κ2) is 7.79. The number of nitrogens with one attached hydrogen (secondary N) is 1. The molecule has 23 heavy (non-hydrogen) atoms. The van der Waals surface area contributed by atoms with Gasteiger partial charge in [0.15, 0.2) is 0 Å². The van der Waals surface area contributed by atoms with Crippen molar-refractivity contribution in [3.63, 3.8) is 0 Å². The van der Waals surface area contributed by atoms with Gasteiger partial charge in [-0.25, -0.2) is 0 Å². The molecular weight excluding hydrogens is 288 g/mol. The number of para-hydroxylation sites is 1. The predicted molar refractivity (Wildman–Crippen MR) is 92.0 cm³/mol. The molecule has 1 heterocycles. The zero-order chi connectivity index (χ0) is 15.9. The van der Waals surface area contributed by atoms with Crippen LogP contribution in [0.2, 0.25) is 0 Å². The third kappa shape index (κ3) is 3.90. The van der Waals surface area contributed by atoms with Gasteiger partial charge in [-0.1, -0.05) is 42.5 Å². The highest BCUT2D eigenvalue weighted by Gasteiger charge is 2.11. The molecule has 2 aromatic rings. The van der Waals surface area contributed by atoms with Gasteiger partial charge in [0.25, 0.3) is 0 Å². The lowest BCUT2D eigenvalue weighted by atomic mass is 10.1. The van der Waals surface area contributed by atoms with Crippen LogP contribution < -0.4 is 10.1 Å². The van der Waals surface area contributed by atoms with E-state index in [0.717, 1.165) is 47.8 Å². The topological polar surface area (TPSA) is 42.9 Å². The molecule has 0 aliphatic carbocycles. The summed E-state index contributed by atoms with van der Waals surface area (Å²) in [6, 6.07) is 16.2. The number of amidine groups is 1. The summed E-state index contributed by atoms with van der Waals surface area (Å²) in [5.74, 6) is 1.84. The first-order valence-electron chi connectivity index (χ1n) is 7.94. The number of hydrogen-bond acceptors (Lipinski definition) is 4. The fourth-order valence-corrected chi connectivity index (χ4v) is 2.68. The fraction of sp³-hybridized carbons (Fsp3) is 0.316. The summed E-state index contributed by atoms with van der Waals surface area (Å²) in [4.78, 5) is 4.58. The summed E-state index contributed by atoms with van der Waals surface area (Å²) in [7, 11) is 1.68. The van der Waals surface area contributed by atoms with Crippen LogP contribution in [-0.2, 0) is 18.0 Å². The maximum Gasteiger partial charge on any atom is 0.128 e. The van der Waals surface area contributed by atoms with Crippen molar-refractivity contribution in [1.82, 2.24) is 5.32 Å². The van der Waals surface area contributed by atoms with Crippen LogP contribution >= 0.6 is 0 Å². The van der Waals surface area contributed by atoms with Gasteiger partial charge in [-0.2, -0.15) is 0 Å². The maximum atomic E-state index is 5.92. The lowest BCUT2D eigenvalue weighted by molar-refractivity contribution is 0.105. The van der Waals surface area contributed by atoms with Crippen molar-refractivity contribution in [3.8, 4) is 5.75 Å². The molecule has 0 unspecified atom stereocenters. The van der Waals surface area contributed by atoms with Crippen molar-refractivity contribution >= 4 is 5.84 Å². The van der Waals surface area contributed by atoms with Gasteiger partial charge in [0.05, 0.1) is 20.3 Å². The Kier molecular flexibility index (Phi) is 5.27. The number of hydrogen-bond donors (Lipinski definition) is 1. The molecule has 0 spiro atoms. The zero-order valence-electron chi connectivity index (χ0n) is 13.4. The number of aliphatic imine (C=N–C) groups is 1. The summed E-state index contributed by atoms with van der Waals surface area (Å²) < 4.78 is 11.3. The smallest absolute Gasteiger partial charge is 0.128 e. The van der Waals surface area contributed by atoms with Crippen LogP contribution in [0.25, 0.3) is 0 Å². The third-order valence-corrected chi connectivity index (χ3v) is 3.88. The molecule has 1 aliphatic heterocycles. The van der Waals surface area contributed by atoms with Gasteiger partial charge in [0.2, 0.25) is 0 Å². The van der Waals surface area contributed by atoms with Crippen molar-refractivity contribution in [2.75, 3.05) is 20.2 Å². The second-order valence-electron chi connectivity index (χ2n) is 5.47. The van der Waals surface area contributed by atoms with Crippen molar-refractivity contribution < 1.29 is 9.47 Å². The van der Waals surface area contributed by atoms with E-state index in [1.54, 1.807) is 7.11 Å².